The Balaban J connectivity index is 2.42. The third-order valence-electron chi connectivity index (χ3n) is 2.98. The highest BCUT2D eigenvalue weighted by Gasteiger charge is 2.09. The minimum atomic E-state index is -0.526. The predicted octanol–water partition coefficient (Wildman–Crippen LogP) is 3.77. The van der Waals surface area contributed by atoms with E-state index in [-0.39, 0.29) is 17.0 Å². The lowest BCUT2D eigenvalue weighted by molar-refractivity contribution is -0.384. The smallest absolute Gasteiger partial charge is 0.270 e. The molecule has 0 bridgehead atoms. The molecule has 0 fully saturated rings. The van der Waals surface area contributed by atoms with Crippen molar-refractivity contribution >= 4 is 34.9 Å². The largest absolute Gasteiger partial charge is 0.507 e. The molecule has 0 radical (unpaired) electrons. The van der Waals surface area contributed by atoms with E-state index in [1.807, 2.05) is 25.1 Å². The van der Waals surface area contributed by atoms with Gasteiger partial charge < -0.3 is 10.0 Å². The lowest BCUT2D eigenvalue weighted by atomic mass is 10.2. The summed E-state index contributed by atoms with van der Waals surface area (Å²) >= 11 is 5.97. The highest BCUT2D eigenvalue weighted by atomic mass is 35.5. The van der Waals surface area contributed by atoms with Gasteiger partial charge >= 0.3 is 0 Å². The van der Waals surface area contributed by atoms with E-state index in [4.69, 9.17) is 11.6 Å². The fourth-order valence-electron chi connectivity index (χ4n) is 1.88. The molecule has 0 aliphatic carbocycles. The van der Waals surface area contributed by atoms with Crippen LogP contribution in [0.1, 0.15) is 5.56 Å². The van der Waals surface area contributed by atoms with Crippen LogP contribution in [0.4, 0.5) is 17.1 Å². The normalized spacial score (nSPS) is 10.9. The summed E-state index contributed by atoms with van der Waals surface area (Å²) in [6, 6.07) is 9.02. The van der Waals surface area contributed by atoms with Crippen molar-refractivity contribution in [1.29, 1.82) is 0 Å². The minimum Gasteiger partial charge on any atom is -0.507 e. The summed E-state index contributed by atoms with van der Waals surface area (Å²) in [6.07, 6.45) is 1.38. The molecule has 7 heteroatoms. The molecule has 1 N–H and O–H groups in total. The zero-order chi connectivity index (χ0) is 16.3. The molecule has 0 saturated carbocycles. The Morgan fingerprint density at radius 2 is 2.00 bits per heavy atom. The molecule has 0 atom stereocenters. The molecule has 0 heterocycles. The zero-order valence-electron chi connectivity index (χ0n) is 12.0. The fraction of sp³-hybridized carbons (Fsp3) is 0.133. The van der Waals surface area contributed by atoms with E-state index in [0.29, 0.717) is 10.7 Å². The van der Waals surface area contributed by atoms with Crippen LogP contribution in [0.5, 0.6) is 5.75 Å². The number of benzene rings is 2. The van der Waals surface area contributed by atoms with Crippen molar-refractivity contribution in [2.45, 2.75) is 0 Å². The molecule has 22 heavy (non-hydrogen) atoms. The van der Waals surface area contributed by atoms with Crippen LogP contribution in [0.15, 0.2) is 41.4 Å². The van der Waals surface area contributed by atoms with E-state index < -0.39 is 4.92 Å². The third-order valence-corrected chi connectivity index (χ3v) is 3.22. The van der Waals surface area contributed by atoms with Gasteiger partial charge in [-0.1, -0.05) is 11.6 Å². The van der Waals surface area contributed by atoms with Crippen molar-refractivity contribution in [2.24, 2.45) is 4.99 Å². The highest BCUT2D eigenvalue weighted by Crippen LogP contribution is 2.31. The molecule has 0 amide bonds. The van der Waals surface area contributed by atoms with Crippen LogP contribution in [0.3, 0.4) is 0 Å². The number of nitro benzene ring substituents is 1. The summed E-state index contributed by atoms with van der Waals surface area (Å²) < 4.78 is 0. The van der Waals surface area contributed by atoms with E-state index in [1.54, 1.807) is 12.1 Å². The number of non-ortho nitro benzene ring substituents is 1. The topological polar surface area (TPSA) is 79.0 Å². The quantitative estimate of drug-likeness (QED) is 0.528. The number of phenols is 1. The molecule has 114 valence electrons. The van der Waals surface area contributed by atoms with Crippen molar-refractivity contribution in [3.63, 3.8) is 0 Å². The average Bonchev–Trinajstić information content (AvgIpc) is 2.45. The van der Waals surface area contributed by atoms with Crippen LogP contribution in [0, 0.1) is 10.1 Å². The molecule has 0 aromatic heterocycles. The van der Waals surface area contributed by atoms with Crippen molar-refractivity contribution in [3.8, 4) is 5.75 Å². The van der Waals surface area contributed by atoms with Gasteiger partial charge in [0.05, 0.1) is 16.3 Å². The number of aliphatic imine (C=N–C) groups is 1. The van der Waals surface area contributed by atoms with E-state index in [0.717, 1.165) is 5.69 Å². The summed E-state index contributed by atoms with van der Waals surface area (Å²) in [4.78, 5) is 16.4. The van der Waals surface area contributed by atoms with Crippen molar-refractivity contribution in [3.05, 3.63) is 57.1 Å². The maximum absolute atomic E-state index is 10.8. The zero-order valence-corrected chi connectivity index (χ0v) is 12.8. The molecule has 2 aromatic carbocycles. The molecule has 6 nitrogen and oxygen atoms in total. The first-order valence-electron chi connectivity index (χ1n) is 6.37. The van der Waals surface area contributed by atoms with Gasteiger partial charge in [-0.3, -0.25) is 15.1 Å². The molecule has 0 aliphatic heterocycles. The molecular formula is C15H14ClN3O3. The van der Waals surface area contributed by atoms with Crippen molar-refractivity contribution in [1.82, 2.24) is 0 Å². The lowest BCUT2D eigenvalue weighted by Crippen LogP contribution is -2.08. The Morgan fingerprint density at radius 3 is 2.64 bits per heavy atom. The Kier molecular flexibility index (Phi) is 4.62. The van der Waals surface area contributed by atoms with E-state index in [1.165, 1.54) is 24.4 Å². The third kappa shape index (κ3) is 3.53. The van der Waals surface area contributed by atoms with Gasteiger partial charge in [-0.15, -0.1) is 0 Å². The van der Waals surface area contributed by atoms with Crippen LogP contribution >= 0.6 is 11.6 Å². The molecule has 0 aliphatic rings. The number of phenolic OH excluding ortho intramolecular Hbond substituents is 1. The maximum atomic E-state index is 10.8. The van der Waals surface area contributed by atoms with Crippen LogP contribution in [-0.2, 0) is 0 Å². The number of halogens is 1. The molecule has 2 rings (SSSR count). The van der Waals surface area contributed by atoms with E-state index >= 15 is 0 Å². The Bertz CT molecular complexity index is 745. The first kappa shape index (κ1) is 15.8. The Hall–Kier alpha value is -2.60. The second-order valence-electron chi connectivity index (χ2n) is 4.79. The Labute approximate surface area is 132 Å². The van der Waals surface area contributed by atoms with Gasteiger partial charge in [0, 0.05) is 43.0 Å². The van der Waals surface area contributed by atoms with Gasteiger partial charge in [0.15, 0.2) is 0 Å². The van der Waals surface area contributed by atoms with Gasteiger partial charge in [0.1, 0.15) is 5.75 Å². The minimum absolute atomic E-state index is 0.0808. The average molecular weight is 320 g/mol. The molecule has 2 aromatic rings. The second kappa shape index (κ2) is 6.44. The number of rotatable bonds is 4. The summed E-state index contributed by atoms with van der Waals surface area (Å²) in [5, 5.41) is 21.1. The van der Waals surface area contributed by atoms with Gasteiger partial charge in [0.25, 0.3) is 5.69 Å². The van der Waals surface area contributed by atoms with Crippen LogP contribution < -0.4 is 4.90 Å². The molecular weight excluding hydrogens is 306 g/mol. The fourth-order valence-corrected chi connectivity index (χ4v) is 2.04. The number of nitro groups is 1. The van der Waals surface area contributed by atoms with Crippen LogP contribution in [0.2, 0.25) is 5.02 Å². The van der Waals surface area contributed by atoms with Gasteiger partial charge in [-0.05, 0) is 24.3 Å². The second-order valence-corrected chi connectivity index (χ2v) is 5.22. The number of anilines is 1. The lowest BCUT2D eigenvalue weighted by Gasteiger charge is -2.15. The summed E-state index contributed by atoms with van der Waals surface area (Å²) in [5.74, 6) is -0.0808. The van der Waals surface area contributed by atoms with Crippen molar-refractivity contribution < 1.29 is 10.0 Å². The van der Waals surface area contributed by atoms with Crippen molar-refractivity contribution in [2.75, 3.05) is 19.0 Å². The first-order chi connectivity index (χ1) is 10.4. The Morgan fingerprint density at radius 1 is 1.27 bits per heavy atom. The first-order valence-corrected chi connectivity index (χ1v) is 6.74. The highest BCUT2D eigenvalue weighted by molar-refractivity contribution is 6.31. The maximum Gasteiger partial charge on any atom is 0.270 e. The number of hydrogen-bond acceptors (Lipinski definition) is 5. The van der Waals surface area contributed by atoms with E-state index in [2.05, 4.69) is 4.99 Å². The number of aromatic hydroxyl groups is 1. The molecule has 0 unspecified atom stereocenters. The molecule has 0 spiro atoms. The number of nitrogens with zero attached hydrogens (tertiary/aromatic N) is 3. The van der Waals surface area contributed by atoms with Gasteiger partial charge in [0.2, 0.25) is 0 Å². The van der Waals surface area contributed by atoms with E-state index in [9.17, 15) is 15.2 Å². The van der Waals surface area contributed by atoms with Crippen LogP contribution in [0.25, 0.3) is 0 Å². The van der Waals surface area contributed by atoms with Crippen LogP contribution in [-0.4, -0.2) is 30.3 Å². The monoisotopic (exact) mass is 319 g/mol. The summed E-state index contributed by atoms with van der Waals surface area (Å²) in [7, 11) is 3.74. The summed E-state index contributed by atoms with van der Waals surface area (Å²) in [5.41, 5.74) is 1.59. The molecule has 0 saturated heterocycles. The summed E-state index contributed by atoms with van der Waals surface area (Å²) in [6.45, 7) is 0. The SMILES string of the molecule is CN(C)c1ccc(Cl)cc1N=Cc1cc([N+](=O)[O-])ccc1O. The number of hydrogen-bond donors (Lipinski definition) is 1. The van der Waals surface area contributed by atoms with Gasteiger partial charge in [-0.25, -0.2) is 0 Å². The standard InChI is InChI=1S/C15H14ClN3O3/c1-18(2)14-5-3-11(16)8-13(14)17-9-10-7-12(19(21)22)4-6-15(10)20/h3-9,20H,1-2H3. The predicted molar refractivity (Wildman–Crippen MR) is 87.8 cm³/mol. The van der Waals surface area contributed by atoms with Gasteiger partial charge in [-0.2, -0.15) is 0 Å².